The first-order chi connectivity index (χ1) is 19.8. The van der Waals surface area contributed by atoms with Gasteiger partial charge in [0.1, 0.15) is 11.8 Å². The summed E-state index contributed by atoms with van der Waals surface area (Å²) in [7, 11) is -5.86. The van der Waals surface area contributed by atoms with Crippen LogP contribution in [0.2, 0.25) is 0 Å². The molecule has 0 bridgehead atoms. The first-order valence-corrected chi connectivity index (χ1v) is 14.2. The highest BCUT2D eigenvalue weighted by atomic mass is 32.2. The van der Waals surface area contributed by atoms with Crippen LogP contribution in [-0.4, -0.2) is 90.8 Å². The number of carboxylic acids is 1. The minimum Gasteiger partial charge on any atom is -0.534 e. The van der Waals surface area contributed by atoms with E-state index in [-0.39, 0.29) is 48.6 Å². The zero-order valence-electron chi connectivity index (χ0n) is 22.1. The molecule has 2 heterocycles. The summed E-state index contributed by atoms with van der Waals surface area (Å²) < 4.78 is 30.5. The highest BCUT2D eigenvalue weighted by Crippen LogP contribution is 2.30. The van der Waals surface area contributed by atoms with E-state index in [0.29, 0.717) is 10.5 Å². The highest BCUT2D eigenvalue weighted by Gasteiger charge is 2.41. The van der Waals surface area contributed by atoms with Crippen molar-refractivity contribution < 1.29 is 47.2 Å². The largest absolute Gasteiger partial charge is 0.547 e. The minimum absolute atomic E-state index is 0.0387. The molecule has 0 aliphatic carbocycles. The molecule has 222 valence electrons. The van der Waals surface area contributed by atoms with Crippen LogP contribution in [0.4, 0.5) is 10.5 Å². The van der Waals surface area contributed by atoms with Crippen LogP contribution in [-0.2, 0) is 31.0 Å². The first-order valence-electron chi connectivity index (χ1n) is 12.6. The van der Waals surface area contributed by atoms with Crippen LogP contribution in [0, 0.1) is 0 Å². The van der Waals surface area contributed by atoms with E-state index in [1.807, 2.05) is 0 Å². The molecule has 0 saturated carbocycles. The molecule has 0 aromatic heterocycles. The minimum atomic E-state index is -4.19. The molecule has 5 amide bonds. The van der Waals surface area contributed by atoms with Crippen molar-refractivity contribution in [3.05, 3.63) is 59.2 Å². The molecule has 1 unspecified atom stereocenters. The zero-order valence-corrected chi connectivity index (χ0v) is 23.0. The van der Waals surface area contributed by atoms with Gasteiger partial charge in [0.2, 0.25) is 5.91 Å². The van der Waals surface area contributed by atoms with Gasteiger partial charge < -0.3 is 30.3 Å². The Morgan fingerprint density at radius 2 is 1.86 bits per heavy atom. The number of fused-ring (bicyclic) bond motifs is 1. The number of rotatable bonds is 8. The van der Waals surface area contributed by atoms with E-state index in [4.69, 9.17) is 9.79 Å². The van der Waals surface area contributed by atoms with Crippen molar-refractivity contribution in [2.24, 2.45) is 5.14 Å². The number of urea groups is 1. The number of nitrogens with zero attached hydrogens (tertiary/aromatic N) is 2. The van der Waals surface area contributed by atoms with Crippen molar-refractivity contribution in [2.75, 3.05) is 24.4 Å². The van der Waals surface area contributed by atoms with Crippen LogP contribution < -0.4 is 25.1 Å². The van der Waals surface area contributed by atoms with E-state index in [0.717, 1.165) is 0 Å². The molecule has 4 rings (SSSR count). The summed E-state index contributed by atoms with van der Waals surface area (Å²) in [5.74, 6) is -5.30. The van der Waals surface area contributed by atoms with E-state index in [1.54, 1.807) is 13.0 Å². The third kappa shape index (κ3) is 6.61. The van der Waals surface area contributed by atoms with Gasteiger partial charge in [0.25, 0.3) is 10.2 Å². The number of piperazine rings is 1. The number of nitrogens with one attached hydrogen (secondary N) is 3. The molecule has 0 radical (unpaired) electrons. The fourth-order valence-electron chi connectivity index (χ4n) is 4.60. The summed E-state index contributed by atoms with van der Waals surface area (Å²) in [6, 6.07) is 7.05. The lowest BCUT2D eigenvalue weighted by Crippen LogP contribution is -2.60. The number of aromatic carboxylic acids is 1. The molecule has 2 aromatic rings. The lowest BCUT2D eigenvalue weighted by Gasteiger charge is -2.33. The first kappa shape index (κ1) is 30.3. The smallest absolute Gasteiger partial charge is 0.534 e. The molecular formula is C24H27BN6O10S. The van der Waals surface area contributed by atoms with Gasteiger partial charge >= 0.3 is 30.9 Å². The van der Waals surface area contributed by atoms with Gasteiger partial charge in [-0.25, -0.2) is 14.7 Å². The van der Waals surface area contributed by atoms with Gasteiger partial charge in [0.15, 0.2) is 0 Å². The molecule has 16 nitrogen and oxygen atoms in total. The Balaban J connectivity index is 1.61. The topological polar surface area (TPSA) is 238 Å². The molecule has 42 heavy (non-hydrogen) atoms. The Kier molecular flexibility index (Phi) is 8.69. The Morgan fingerprint density at radius 1 is 1.14 bits per heavy atom. The van der Waals surface area contributed by atoms with Gasteiger partial charge in [-0.05, 0) is 42.7 Å². The van der Waals surface area contributed by atoms with Crippen molar-refractivity contribution in [1.82, 2.24) is 20.4 Å². The molecule has 2 atom stereocenters. The number of hydrogen-bond donors (Lipinski definition) is 6. The number of benzene rings is 2. The van der Waals surface area contributed by atoms with E-state index < -0.39 is 59.0 Å². The van der Waals surface area contributed by atoms with E-state index in [1.165, 1.54) is 41.3 Å². The van der Waals surface area contributed by atoms with Crippen molar-refractivity contribution in [1.29, 1.82) is 0 Å². The molecule has 7 N–H and O–H groups in total. The van der Waals surface area contributed by atoms with Crippen molar-refractivity contribution in [3.63, 3.8) is 0 Å². The van der Waals surface area contributed by atoms with Crippen molar-refractivity contribution >= 4 is 52.7 Å². The molecule has 2 aliphatic rings. The number of carbonyl (C=O) groups excluding carboxylic acids is 4. The standard InChI is InChI=1S/C24H27BN6O10S/c1-2-30-9-10-31(22(34)21(30)33)24(37)28-18(13-5-3-7-15(11-13)29-42(26,39)40)20(32)27-17-12-14-6-4-8-16(23(35)36)19(14)41-25(17)38/h3-8,11,17-18,29,38H,2,9-10,12H2,1H3,(H,27,32)(H,28,37)(H,35,36)(H2,26,39,40)/t17-,18?/m0/s1. The van der Waals surface area contributed by atoms with Crippen LogP contribution in [0.3, 0.4) is 0 Å². The van der Waals surface area contributed by atoms with Crippen LogP contribution >= 0.6 is 0 Å². The number of nitrogens with two attached hydrogens (primary N) is 1. The van der Waals surface area contributed by atoms with Gasteiger partial charge in [-0.15, -0.1) is 0 Å². The summed E-state index contributed by atoms with van der Waals surface area (Å²) in [6.07, 6.45) is -0.0387. The van der Waals surface area contributed by atoms with Gasteiger partial charge in [0, 0.05) is 19.6 Å². The lowest BCUT2D eigenvalue weighted by atomic mass is 9.72. The normalized spacial score (nSPS) is 17.6. The molecule has 1 saturated heterocycles. The maximum absolute atomic E-state index is 13.6. The molecule has 1 fully saturated rings. The fraction of sp³-hybridized carbons (Fsp3) is 0.292. The van der Waals surface area contributed by atoms with E-state index in [2.05, 4.69) is 15.4 Å². The Labute approximate surface area is 240 Å². The Bertz CT molecular complexity index is 1550. The third-order valence-electron chi connectivity index (χ3n) is 6.62. The number of para-hydroxylation sites is 1. The SMILES string of the molecule is CCN1CCN(C(=O)NC(C(=O)N[C@H]2Cc3cccc(C(=O)O)c3OB2O)c2cccc(NS(N)(=O)=O)c2)C(=O)C1=O. The molecule has 0 spiro atoms. The number of likely N-dealkylation sites (N-methyl/N-ethyl adjacent to an activating group) is 1. The molecule has 18 heteroatoms. The summed E-state index contributed by atoms with van der Waals surface area (Å²) in [5, 5.41) is 30.0. The number of carbonyl (C=O) groups is 5. The van der Waals surface area contributed by atoms with Crippen LogP contribution in [0.1, 0.15) is 34.5 Å². The molecule has 2 aliphatic heterocycles. The monoisotopic (exact) mass is 602 g/mol. The quantitative estimate of drug-likeness (QED) is 0.152. The molecule has 2 aromatic carbocycles. The number of hydrogen-bond acceptors (Lipinski definition) is 9. The highest BCUT2D eigenvalue weighted by molar-refractivity contribution is 7.90. The number of imide groups is 1. The number of anilines is 1. The molecular weight excluding hydrogens is 575 g/mol. The van der Waals surface area contributed by atoms with Crippen molar-refractivity contribution in [2.45, 2.75) is 25.3 Å². The summed E-state index contributed by atoms with van der Waals surface area (Å²) in [5.41, 5.74) is 0.229. The van der Waals surface area contributed by atoms with Crippen LogP contribution in [0.5, 0.6) is 5.75 Å². The van der Waals surface area contributed by atoms with Gasteiger partial charge in [-0.3, -0.25) is 24.0 Å². The van der Waals surface area contributed by atoms with Gasteiger partial charge in [-0.2, -0.15) is 8.42 Å². The number of carboxylic acid groups (broad SMARTS) is 1. The second-order valence-electron chi connectivity index (χ2n) is 9.42. The Morgan fingerprint density at radius 3 is 2.52 bits per heavy atom. The fourth-order valence-corrected chi connectivity index (χ4v) is 5.06. The Hall–Kier alpha value is -4.68. The maximum Gasteiger partial charge on any atom is 0.547 e. The second-order valence-corrected chi connectivity index (χ2v) is 10.7. The van der Waals surface area contributed by atoms with Gasteiger partial charge in [-0.1, -0.05) is 24.3 Å². The van der Waals surface area contributed by atoms with Crippen molar-refractivity contribution in [3.8, 4) is 5.75 Å². The van der Waals surface area contributed by atoms with Crippen LogP contribution in [0.15, 0.2) is 42.5 Å². The summed E-state index contributed by atoms with van der Waals surface area (Å²) in [6.45, 7) is 1.89. The predicted octanol–water partition coefficient (Wildman–Crippen LogP) is -1.42. The zero-order chi connectivity index (χ0) is 30.8. The van der Waals surface area contributed by atoms with Gasteiger partial charge in [0.05, 0.1) is 17.2 Å². The number of amides is 5. The van der Waals surface area contributed by atoms with E-state index in [9.17, 15) is 42.5 Å². The predicted molar refractivity (Wildman–Crippen MR) is 146 cm³/mol. The average molecular weight is 602 g/mol. The second kappa shape index (κ2) is 12.1. The van der Waals surface area contributed by atoms with Crippen LogP contribution in [0.25, 0.3) is 0 Å². The maximum atomic E-state index is 13.6. The summed E-state index contributed by atoms with van der Waals surface area (Å²) in [4.78, 5) is 65.1. The summed E-state index contributed by atoms with van der Waals surface area (Å²) >= 11 is 0. The lowest BCUT2D eigenvalue weighted by molar-refractivity contribution is -0.153. The van der Waals surface area contributed by atoms with E-state index >= 15 is 0 Å². The average Bonchev–Trinajstić information content (AvgIpc) is 2.92. The third-order valence-corrected chi connectivity index (χ3v) is 7.14.